The highest BCUT2D eigenvalue weighted by Gasteiger charge is 2.07. The van der Waals surface area contributed by atoms with Gasteiger partial charge in [-0.2, -0.15) is 4.98 Å². The summed E-state index contributed by atoms with van der Waals surface area (Å²) in [6.07, 6.45) is 2.75. The van der Waals surface area contributed by atoms with Crippen LogP contribution in [0, 0.1) is 5.92 Å². The van der Waals surface area contributed by atoms with E-state index in [-0.39, 0.29) is 6.10 Å². The molecule has 1 atom stereocenters. The zero-order valence-corrected chi connectivity index (χ0v) is 9.40. The lowest BCUT2D eigenvalue weighted by molar-refractivity contribution is 0.185. The number of nitrogen functional groups attached to an aromatic ring is 1. The molecule has 0 aliphatic rings. The van der Waals surface area contributed by atoms with Crippen LogP contribution in [0.2, 0.25) is 0 Å². The molecule has 0 aliphatic carbocycles. The largest absolute Gasteiger partial charge is 0.475 e. The highest BCUT2D eigenvalue weighted by molar-refractivity contribution is 5.25. The van der Waals surface area contributed by atoms with E-state index in [9.17, 15) is 0 Å². The van der Waals surface area contributed by atoms with Crippen molar-refractivity contribution >= 4 is 5.95 Å². The molecular formula is C10H18N4O. The van der Waals surface area contributed by atoms with E-state index in [4.69, 9.17) is 10.6 Å². The Bertz CT molecular complexity index is 303. The number of nitrogens with two attached hydrogens (primary N) is 1. The summed E-state index contributed by atoms with van der Waals surface area (Å²) in [6, 6.07) is 1.72. The van der Waals surface area contributed by atoms with Gasteiger partial charge in [-0.1, -0.05) is 13.8 Å². The summed E-state index contributed by atoms with van der Waals surface area (Å²) < 4.78 is 5.62. The van der Waals surface area contributed by atoms with Crippen LogP contribution in [0.4, 0.5) is 5.95 Å². The second-order valence-electron chi connectivity index (χ2n) is 3.92. The number of aromatic nitrogens is 2. The molecule has 0 saturated heterocycles. The Morgan fingerprint density at radius 3 is 2.80 bits per heavy atom. The van der Waals surface area contributed by atoms with Crippen LogP contribution in [0.25, 0.3) is 0 Å². The van der Waals surface area contributed by atoms with Gasteiger partial charge >= 0.3 is 0 Å². The molecule has 0 saturated carbocycles. The summed E-state index contributed by atoms with van der Waals surface area (Å²) in [4.78, 5) is 7.97. The molecule has 1 unspecified atom stereocenters. The van der Waals surface area contributed by atoms with Crippen molar-refractivity contribution in [1.29, 1.82) is 0 Å². The third-order valence-corrected chi connectivity index (χ3v) is 1.88. The van der Waals surface area contributed by atoms with Gasteiger partial charge in [-0.05, 0) is 19.3 Å². The first kappa shape index (κ1) is 11.7. The lowest BCUT2D eigenvalue weighted by atomic mass is 10.1. The van der Waals surface area contributed by atoms with E-state index in [1.807, 2.05) is 6.92 Å². The minimum atomic E-state index is 0.144. The first-order chi connectivity index (χ1) is 7.11. The molecule has 3 N–H and O–H groups in total. The third-order valence-electron chi connectivity index (χ3n) is 1.88. The smallest absolute Gasteiger partial charge is 0.240 e. The van der Waals surface area contributed by atoms with Gasteiger partial charge in [-0.3, -0.25) is 5.43 Å². The molecule has 1 aromatic heterocycles. The minimum absolute atomic E-state index is 0.144. The number of rotatable bonds is 5. The van der Waals surface area contributed by atoms with Crippen LogP contribution in [0.1, 0.15) is 27.2 Å². The van der Waals surface area contributed by atoms with Crippen LogP contribution >= 0.6 is 0 Å². The maximum atomic E-state index is 5.62. The molecule has 0 fully saturated rings. The van der Waals surface area contributed by atoms with Crippen LogP contribution in [0.15, 0.2) is 12.3 Å². The predicted molar refractivity (Wildman–Crippen MR) is 59.4 cm³/mol. The summed E-state index contributed by atoms with van der Waals surface area (Å²) in [5.74, 6) is 6.72. The summed E-state index contributed by atoms with van der Waals surface area (Å²) in [5.41, 5.74) is 2.38. The molecule has 5 heteroatoms. The molecule has 1 rings (SSSR count). The molecule has 1 aromatic rings. The number of nitrogens with one attached hydrogen (secondary N) is 1. The summed E-state index contributed by atoms with van der Waals surface area (Å²) in [7, 11) is 0. The first-order valence-electron chi connectivity index (χ1n) is 5.08. The summed E-state index contributed by atoms with van der Waals surface area (Å²) in [5, 5.41) is 0. The fourth-order valence-corrected chi connectivity index (χ4v) is 1.40. The van der Waals surface area contributed by atoms with Gasteiger partial charge < -0.3 is 4.74 Å². The van der Waals surface area contributed by atoms with Gasteiger partial charge in [0.1, 0.15) is 0 Å². The second-order valence-corrected chi connectivity index (χ2v) is 3.92. The average molecular weight is 210 g/mol. The van der Waals surface area contributed by atoms with Gasteiger partial charge in [0.15, 0.2) is 0 Å². The van der Waals surface area contributed by atoms with Gasteiger partial charge in [0, 0.05) is 12.3 Å². The van der Waals surface area contributed by atoms with E-state index in [2.05, 4.69) is 29.2 Å². The Hall–Kier alpha value is -1.36. The van der Waals surface area contributed by atoms with Crippen LogP contribution in [0.5, 0.6) is 5.88 Å². The van der Waals surface area contributed by atoms with Crippen molar-refractivity contribution in [1.82, 2.24) is 9.97 Å². The molecule has 15 heavy (non-hydrogen) atoms. The van der Waals surface area contributed by atoms with Crippen molar-refractivity contribution in [2.24, 2.45) is 11.8 Å². The zero-order chi connectivity index (χ0) is 11.3. The fourth-order valence-electron chi connectivity index (χ4n) is 1.40. The molecule has 0 radical (unpaired) electrons. The van der Waals surface area contributed by atoms with Crippen molar-refractivity contribution in [3.63, 3.8) is 0 Å². The Morgan fingerprint density at radius 2 is 2.20 bits per heavy atom. The molecule has 5 nitrogen and oxygen atoms in total. The monoisotopic (exact) mass is 210 g/mol. The number of nitrogens with zero attached hydrogens (tertiary/aromatic N) is 2. The molecule has 84 valence electrons. The Labute approximate surface area is 90.0 Å². The van der Waals surface area contributed by atoms with E-state index in [0.717, 1.165) is 6.42 Å². The van der Waals surface area contributed by atoms with E-state index in [1.54, 1.807) is 12.3 Å². The summed E-state index contributed by atoms with van der Waals surface area (Å²) >= 11 is 0. The van der Waals surface area contributed by atoms with Gasteiger partial charge in [0.05, 0.1) is 6.10 Å². The maximum Gasteiger partial charge on any atom is 0.240 e. The Kier molecular flexibility index (Phi) is 4.30. The lowest BCUT2D eigenvalue weighted by Crippen LogP contribution is -2.16. The number of anilines is 1. The standard InChI is InChI=1S/C10H18N4O/c1-7(2)6-8(3)15-9-4-5-12-10(13-9)14-11/h4-5,7-8H,6,11H2,1-3H3,(H,12,13,14). The molecule has 0 bridgehead atoms. The van der Waals surface area contributed by atoms with Crippen LogP contribution in [-0.4, -0.2) is 16.1 Å². The van der Waals surface area contributed by atoms with Crippen molar-refractivity contribution < 1.29 is 4.74 Å². The van der Waals surface area contributed by atoms with Crippen LogP contribution in [-0.2, 0) is 0 Å². The number of ether oxygens (including phenoxy) is 1. The van der Waals surface area contributed by atoms with Crippen LogP contribution in [0.3, 0.4) is 0 Å². The second kappa shape index (κ2) is 5.50. The van der Waals surface area contributed by atoms with E-state index < -0.39 is 0 Å². The quantitative estimate of drug-likeness (QED) is 0.570. The predicted octanol–water partition coefficient (Wildman–Crippen LogP) is 1.58. The molecule has 0 aliphatic heterocycles. The van der Waals surface area contributed by atoms with Gasteiger partial charge in [-0.25, -0.2) is 10.8 Å². The average Bonchev–Trinajstić information content (AvgIpc) is 2.16. The fraction of sp³-hybridized carbons (Fsp3) is 0.600. The molecule has 0 amide bonds. The van der Waals surface area contributed by atoms with E-state index in [1.165, 1.54) is 0 Å². The number of hydrogen-bond acceptors (Lipinski definition) is 5. The third kappa shape index (κ3) is 4.12. The normalized spacial score (nSPS) is 12.6. The molecule has 1 heterocycles. The van der Waals surface area contributed by atoms with Crippen LogP contribution < -0.4 is 16.0 Å². The zero-order valence-electron chi connectivity index (χ0n) is 9.40. The summed E-state index contributed by atoms with van der Waals surface area (Å²) in [6.45, 7) is 6.34. The van der Waals surface area contributed by atoms with Gasteiger partial charge in [-0.15, -0.1) is 0 Å². The Morgan fingerprint density at radius 1 is 1.47 bits per heavy atom. The SMILES string of the molecule is CC(C)CC(C)Oc1ccnc(NN)n1. The maximum absolute atomic E-state index is 5.62. The van der Waals surface area contributed by atoms with Crippen molar-refractivity contribution in [3.8, 4) is 5.88 Å². The molecule has 0 aromatic carbocycles. The minimum Gasteiger partial charge on any atom is -0.475 e. The highest BCUT2D eigenvalue weighted by atomic mass is 16.5. The first-order valence-corrected chi connectivity index (χ1v) is 5.08. The lowest BCUT2D eigenvalue weighted by Gasteiger charge is -2.15. The molecule has 0 spiro atoms. The van der Waals surface area contributed by atoms with Gasteiger partial charge in [0.2, 0.25) is 11.8 Å². The topological polar surface area (TPSA) is 73.1 Å². The number of hydrazine groups is 1. The number of hydrogen-bond donors (Lipinski definition) is 2. The van der Waals surface area contributed by atoms with E-state index in [0.29, 0.717) is 17.7 Å². The van der Waals surface area contributed by atoms with Gasteiger partial charge in [0.25, 0.3) is 0 Å². The Balaban J connectivity index is 2.55. The van der Waals surface area contributed by atoms with E-state index >= 15 is 0 Å². The van der Waals surface area contributed by atoms with Crippen molar-refractivity contribution in [2.45, 2.75) is 33.3 Å². The molecular weight excluding hydrogens is 192 g/mol. The van der Waals surface area contributed by atoms with Crippen molar-refractivity contribution in [2.75, 3.05) is 5.43 Å². The van der Waals surface area contributed by atoms with Crippen molar-refractivity contribution in [3.05, 3.63) is 12.3 Å². The highest BCUT2D eigenvalue weighted by Crippen LogP contribution is 2.13.